The molecule has 0 amide bonds. The predicted molar refractivity (Wildman–Crippen MR) is 203 cm³/mol. The summed E-state index contributed by atoms with van der Waals surface area (Å²) in [5, 5.41) is 20.7. The van der Waals surface area contributed by atoms with Crippen LogP contribution in [0, 0.1) is 10.1 Å². The van der Waals surface area contributed by atoms with Gasteiger partial charge >= 0.3 is 0 Å². The van der Waals surface area contributed by atoms with E-state index in [1.165, 1.54) is 0 Å². The van der Waals surface area contributed by atoms with E-state index in [1.807, 2.05) is 84.9 Å². The molecule has 2 heterocycles. The minimum atomic E-state index is -3.67. The molecule has 0 aliphatic carbocycles. The molecule has 3 atom stereocenters. The molecule has 11 nitrogen and oxygen atoms in total. The number of anilines is 1. The number of aliphatic hydroxyl groups is 1. The smallest absolute Gasteiger partial charge is 0.269 e. The molecule has 274 valence electrons. The predicted octanol–water partition coefficient (Wildman–Crippen LogP) is 6.60. The summed E-state index contributed by atoms with van der Waals surface area (Å²) in [7, 11) is -3.67. The Morgan fingerprint density at radius 1 is 0.774 bits per heavy atom. The average Bonchev–Trinajstić information content (AvgIpc) is 3.21. The Balaban J connectivity index is 1.05. The third kappa shape index (κ3) is 8.82. The monoisotopic (exact) mass is 734 g/mol. The molecule has 2 fully saturated rings. The molecule has 12 heteroatoms. The molecular weight excluding hydrogens is 693 g/mol. The molecule has 0 unspecified atom stereocenters. The first-order valence-electron chi connectivity index (χ1n) is 17.7. The number of rotatable bonds is 12. The van der Waals surface area contributed by atoms with Crippen molar-refractivity contribution in [2.75, 3.05) is 37.6 Å². The molecule has 0 aromatic heterocycles. The molecule has 0 spiro atoms. The van der Waals surface area contributed by atoms with Crippen molar-refractivity contribution in [1.82, 2.24) is 9.62 Å². The standard InChI is InChI=1S/C41H42N4O7S/c46-29-30-10-12-32(13-11-30)40-26-37(28-43-22-24-44(25-23-43)35-18-20-36(21-19-35)45(47)48)51-41(52-40)33-16-14-31(15-17-33)39-9-5-4-6-34(39)27-42-53(49,50)38-7-2-1-3-8-38/h1-21,37,40-42,46H,22-29H2/t37-,40+,41+/m0/s1. The summed E-state index contributed by atoms with van der Waals surface area (Å²) in [6.45, 7) is 4.09. The maximum absolute atomic E-state index is 12.9. The summed E-state index contributed by atoms with van der Waals surface area (Å²) in [6, 6.07) is 38.7. The van der Waals surface area contributed by atoms with Gasteiger partial charge in [-0.25, -0.2) is 13.1 Å². The first kappa shape index (κ1) is 36.4. The lowest BCUT2D eigenvalue weighted by atomic mass is 9.97. The maximum atomic E-state index is 12.9. The van der Waals surface area contributed by atoms with Gasteiger partial charge in [0.2, 0.25) is 10.0 Å². The average molecular weight is 735 g/mol. The van der Waals surface area contributed by atoms with Crippen LogP contribution in [0.25, 0.3) is 11.1 Å². The van der Waals surface area contributed by atoms with Crippen molar-refractivity contribution in [2.45, 2.75) is 43.0 Å². The van der Waals surface area contributed by atoms with Crippen LogP contribution in [0.1, 0.15) is 41.1 Å². The quantitative estimate of drug-likeness (QED) is 0.107. The third-order valence-corrected chi connectivity index (χ3v) is 11.3. The SMILES string of the molecule is O=[N+]([O-])c1ccc(N2CCN(C[C@@H]3C[C@H](c4ccc(CO)cc4)O[C@H](c4ccc(-c5ccccc5CNS(=O)(=O)c5ccccc5)cc4)O3)CC2)cc1. The van der Waals surface area contributed by atoms with Gasteiger partial charge in [-0.2, -0.15) is 0 Å². The van der Waals surface area contributed by atoms with Crippen LogP contribution in [0.5, 0.6) is 0 Å². The highest BCUT2D eigenvalue weighted by Crippen LogP contribution is 2.39. The Morgan fingerprint density at radius 2 is 1.43 bits per heavy atom. The number of sulfonamides is 1. The van der Waals surface area contributed by atoms with E-state index in [2.05, 4.69) is 14.5 Å². The molecular formula is C41H42N4O7S. The topological polar surface area (TPSA) is 134 Å². The van der Waals surface area contributed by atoms with E-state index in [0.29, 0.717) is 6.42 Å². The highest BCUT2D eigenvalue weighted by atomic mass is 32.2. The van der Waals surface area contributed by atoms with E-state index >= 15 is 0 Å². The fourth-order valence-electron chi connectivity index (χ4n) is 6.93. The second-order valence-corrected chi connectivity index (χ2v) is 15.1. The van der Waals surface area contributed by atoms with Gasteiger partial charge in [-0.3, -0.25) is 15.0 Å². The lowest BCUT2D eigenvalue weighted by molar-refractivity contribution is -0.384. The van der Waals surface area contributed by atoms with Crippen LogP contribution < -0.4 is 9.62 Å². The Hall–Kier alpha value is -4.95. The van der Waals surface area contributed by atoms with Gasteiger partial charge in [0, 0.05) is 69.1 Å². The molecule has 2 aliphatic rings. The van der Waals surface area contributed by atoms with Crippen LogP contribution in [0.2, 0.25) is 0 Å². The molecule has 7 rings (SSSR count). The number of nitrogens with one attached hydrogen (secondary N) is 1. The summed E-state index contributed by atoms with van der Waals surface area (Å²) in [5.41, 5.74) is 6.51. The lowest BCUT2D eigenvalue weighted by Crippen LogP contribution is -2.49. The van der Waals surface area contributed by atoms with Gasteiger partial charge in [-0.1, -0.05) is 91.0 Å². The Labute approximate surface area is 309 Å². The number of aliphatic hydroxyl groups excluding tert-OH is 1. The van der Waals surface area contributed by atoms with Gasteiger partial charge in [0.25, 0.3) is 5.69 Å². The van der Waals surface area contributed by atoms with Crippen molar-refractivity contribution >= 4 is 21.4 Å². The largest absolute Gasteiger partial charge is 0.392 e. The first-order chi connectivity index (χ1) is 25.8. The second-order valence-electron chi connectivity index (χ2n) is 13.3. The minimum Gasteiger partial charge on any atom is -0.392 e. The Kier molecular flexibility index (Phi) is 11.3. The van der Waals surface area contributed by atoms with Crippen LogP contribution in [-0.2, 0) is 32.6 Å². The zero-order chi connectivity index (χ0) is 36.8. The molecule has 5 aromatic rings. The molecule has 0 radical (unpaired) electrons. The summed E-state index contributed by atoms with van der Waals surface area (Å²) >= 11 is 0. The number of hydrogen-bond donors (Lipinski definition) is 2. The summed E-state index contributed by atoms with van der Waals surface area (Å²) in [4.78, 5) is 15.6. The van der Waals surface area contributed by atoms with Crippen molar-refractivity contribution in [1.29, 1.82) is 0 Å². The van der Waals surface area contributed by atoms with Crippen LogP contribution in [-0.4, -0.2) is 62.2 Å². The number of non-ortho nitro benzene ring substituents is 1. The van der Waals surface area contributed by atoms with Crippen molar-refractivity contribution in [2.24, 2.45) is 0 Å². The van der Waals surface area contributed by atoms with E-state index in [9.17, 15) is 23.6 Å². The molecule has 2 aliphatic heterocycles. The number of nitrogens with zero attached hydrogens (tertiary/aromatic N) is 3. The number of piperazine rings is 1. The molecule has 2 N–H and O–H groups in total. The van der Waals surface area contributed by atoms with Crippen LogP contribution in [0.15, 0.2) is 132 Å². The van der Waals surface area contributed by atoms with Gasteiger partial charge < -0.3 is 19.5 Å². The van der Waals surface area contributed by atoms with E-state index < -0.39 is 16.3 Å². The normalized spacial score (nSPS) is 19.6. The van der Waals surface area contributed by atoms with E-state index in [0.717, 1.165) is 71.8 Å². The van der Waals surface area contributed by atoms with E-state index in [4.69, 9.17) is 9.47 Å². The van der Waals surface area contributed by atoms with Crippen LogP contribution in [0.4, 0.5) is 11.4 Å². The van der Waals surface area contributed by atoms with Crippen LogP contribution in [0.3, 0.4) is 0 Å². The van der Waals surface area contributed by atoms with Crippen molar-refractivity contribution in [3.63, 3.8) is 0 Å². The molecule has 2 saturated heterocycles. The first-order valence-corrected chi connectivity index (χ1v) is 19.2. The van der Waals surface area contributed by atoms with Crippen LogP contribution >= 0.6 is 0 Å². The highest BCUT2D eigenvalue weighted by molar-refractivity contribution is 7.89. The molecule has 0 bridgehead atoms. The number of benzene rings is 5. The second kappa shape index (κ2) is 16.4. The Bertz CT molecular complexity index is 2090. The zero-order valence-electron chi connectivity index (χ0n) is 29.2. The van der Waals surface area contributed by atoms with Crippen molar-refractivity contribution < 1.29 is 27.9 Å². The maximum Gasteiger partial charge on any atom is 0.269 e. The van der Waals surface area contributed by atoms with Crippen molar-refractivity contribution in [3.05, 3.63) is 160 Å². The van der Waals surface area contributed by atoms with Gasteiger partial charge in [0.05, 0.1) is 28.6 Å². The lowest BCUT2D eigenvalue weighted by Gasteiger charge is -2.41. The number of ether oxygens (including phenoxy) is 2. The molecule has 0 saturated carbocycles. The fraction of sp³-hybridized carbons (Fsp3) is 0.268. The number of hydrogen-bond acceptors (Lipinski definition) is 9. The fourth-order valence-corrected chi connectivity index (χ4v) is 7.95. The molecule has 5 aromatic carbocycles. The summed E-state index contributed by atoms with van der Waals surface area (Å²) < 4.78 is 41.8. The van der Waals surface area contributed by atoms with E-state index in [-0.39, 0.29) is 40.9 Å². The highest BCUT2D eigenvalue weighted by Gasteiger charge is 2.34. The minimum absolute atomic E-state index is 0.0274. The summed E-state index contributed by atoms with van der Waals surface area (Å²) in [6.07, 6.45) is -0.271. The summed E-state index contributed by atoms with van der Waals surface area (Å²) in [5.74, 6) is 0. The van der Waals surface area contributed by atoms with Gasteiger partial charge in [0.15, 0.2) is 6.29 Å². The van der Waals surface area contributed by atoms with Gasteiger partial charge in [0.1, 0.15) is 0 Å². The number of nitro groups is 1. The van der Waals surface area contributed by atoms with Gasteiger partial charge in [-0.15, -0.1) is 0 Å². The molecule has 53 heavy (non-hydrogen) atoms. The number of nitro benzene ring substituents is 1. The third-order valence-electron chi connectivity index (χ3n) is 9.89. The van der Waals surface area contributed by atoms with E-state index in [1.54, 1.807) is 42.5 Å². The zero-order valence-corrected chi connectivity index (χ0v) is 30.0. The van der Waals surface area contributed by atoms with Crippen molar-refractivity contribution in [3.8, 4) is 11.1 Å². The van der Waals surface area contributed by atoms with Gasteiger partial charge in [-0.05, 0) is 52.1 Å². The Morgan fingerprint density at radius 3 is 2.11 bits per heavy atom.